The van der Waals surface area contributed by atoms with E-state index in [-0.39, 0.29) is 25.8 Å². The molecule has 8 heavy (non-hydrogen) atoms. The van der Waals surface area contributed by atoms with Crippen LogP contribution in [0.2, 0.25) is 0 Å². The van der Waals surface area contributed by atoms with Crippen molar-refractivity contribution in [2.75, 3.05) is 0 Å². The molecule has 0 unspecified atom stereocenters. The number of rotatable bonds is 0. The van der Waals surface area contributed by atoms with Crippen molar-refractivity contribution in [3.8, 4) is 0 Å². The van der Waals surface area contributed by atoms with Crippen molar-refractivity contribution in [1.82, 2.24) is 5.32 Å². The Morgan fingerprint density at radius 2 is 1.50 bits per heavy atom. The van der Waals surface area contributed by atoms with Crippen molar-refractivity contribution in [2.45, 2.75) is 24.9 Å². The van der Waals surface area contributed by atoms with Crippen LogP contribution in [0.5, 0.6) is 0 Å². The summed E-state index contributed by atoms with van der Waals surface area (Å²) in [6.07, 6.45) is 2.38. The zero-order valence-electron chi connectivity index (χ0n) is 5.06. The van der Waals surface area contributed by atoms with Gasteiger partial charge in [0, 0.05) is 25.8 Å². The summed E-state index contributed by atoms with van der Waals surface area (Å²) >= 11 is 0. The Morgan fingerprint density at radius 1 is 1.12 bits per heavy atom. The molecule has 0 spiro atoms. The first-order chi connectivity index (χ1) is 3.29. The normalized spacial score (nSPS) is 36.8. The van der Waals surface area contributed by atoms with Crippen molar-refractivity contribution >= 4 is 0 Å². The number of hydrogen-bond donors (Lipinski definition) is 1. The Hall–Kier alpha value is 0.830. The van der Waals surface area contributed by atoms with E-state index in [2.05, 4.69) is 19.2 Å². The molecule has 45 valence electrons. The summed E-state index contributed by atoms with van der Waals surface area (Å²) < 4.78 is 0. The van der Waals surface area contributed by atoms with E-state index in [4.69, 9.17) is 0 Å². The summed E-state index contributed by atoms with van der Waals surface area (Å²) in [4.78, 5) is 0. The molecule has 1 aliphatic heterocycles. The van der Waals surface area contributed by atoms with Gasteiger partial charge < -0.3 is 19.2 Å². The molecule has 1 N–H and O–H groups in total. The minimum Gasteiger partial charge on any atom is -0.370 e. The Morgan fingerprint density at radius 3 is 1.62 bits per heavy atom. The molecule has 1 saturated heterocycles. The molecule has 1 nitrogen and oxygen atoms in total. The molecule has 1 heterocycles. The van der Waals surface area contributed by atoms with Gasteiger partial charge in [0.2, 0.25) is 0 Å². The Bertz CT molecular complexity index is 57.5. The quantitative estimate of drug-likeness (QED) is 0.492. The van der Waals surface area contributed by atoms with Crippen LogP contribution < -0.4 is 5.32 Å². The predicted molar refractivity (Wildman–Crippen MR) is 30.7 cm³/mol. The van der Waals surface area contributed by atoms with E-state index in [1.807, 2.05) is 0 Å². The molecule has 0 saturated carbocycles. The molecular formula is C6H11NSc-2. The zero-order chi connectivity index (χ0) is 5.28. The van der Waals surface area contributed by atoms with Crippen LogP contribution in [0.3, 0.4) is 0 Å². The second-order valence-corrected chi connectivity index (χ2v) is 2.14. The van der Waals surface area contributed by atoms with Gasteiger partial charge in [0.25, 0.3) is 0 Å². The predicted octanol–water partition coefficient (Wildman–Crippen LogP) is 0.773. The third-order valence-corrected chi connectivity index (χ3v) is 1.33. The summed E-state index contributed by atoms with van der Waals surface area (Å²) in [5, 5.41) is 3.19. The number of hydrogen-bond acceptors (Lipinski definition) is 1. The molecule has 0 amide bonds. The largest absolute Gasteiger partial charge is 0.370 e. The Balaban J connectivity index is 0.000000490. The molecule has 0 bridgehead atoms. The van der Waals surface area contributed by atoms with Gasteiger partial charge in [-0.15, -0.1) is 12.1 Å². The summed E-state index contributed by atoms with van der Waals surface area (Å²) in [6, 6.07) is 0.921. The average Bonchev–Trinajstić information content (AvgIpc) is 1.87. The van der Waals surface area contributed by atoms with Gasteiger partial charge in [0.1, 0.15) is 0 Å². The van der Waals surface area contributed by atoms with Gasteiger partial charge in [0.15, 0.2) is 0 Å². The fourth-order valence-electron chi connectivity index (χ4n) is 0.902. The molecule has 2 heteroatoms. The van der Waals surface area contributed by atoms with Crippen LogP contribution in [0.4, 0.5) is 0 Å². The van der Waals surface area contributed by atoms with Gasteiger partial charge in [-0.25, -0.2) is 0 Å². The molecular weight excluding hydrogens is 131 g/mol. The molecule has 2 atom stereocenters. The summed E-state index contributed by atoms with van der Waals surface area (Å²) in [6.45, 7) is 7.67. The van der Waals surface area contributed by atoms with Crippen molar-refractivity contribution in [1.29, 1.82) is 0 Å². The smallest absolute Gasteiger partial charge is 0 e. The van der Waals surface area contributed by atoms with Crippen LogP contribution in [0.25, 0.3) is 0 Å². The third-order valence-electron chi connectivity index (χ3n) is 1.33. The molecule has 1 radical (unpaired) electrons. The maximum absolute atomic E-state index is 3.84. The first-order valence-electron chi connectivity index (χ1n) is 2.71. The fraction of sp³-hybridized carbons (Fsp3) is 0.667. The van der Waals surface area contributed by atoms with Gasteiger partial charge >= 0.3 is 0 Å². The van der Waals surface area contributed by atoms with Crippen molar-refractivity contribution in [2.24, 2.45) is 0 Å². The van der Waals surface area contributed by atoms with Gasteiger partial charge in [-0.3, -0.25) is 0 Å². The Kier molecular flexibility index (Phi) is 4.17. The minimum absolute atomic E-state index is 0. The van der Waals surface area contributed by atoms with Crippen molar-refractivity contribution in [3.05, 3.63) is 13.8 Å². The molecule has 1 aliphatic rings. The van der Waals surface area contributed by atoms with Crippen LogP contribution in [0, 0.1) is 13.8 Å². The average molecular weight is 142 g/mol. The molecule has 0 aliphatic carbocycles. The Labute approximate surface area is 70.0 Å². The molecule has 1 rings (SSSR count). The fourth-order valence-corrected chi connectivity index (χ4v) is 0.902. The molecule has 0 aromatic heterocycles. The zero-order valence-corrected chi connectivity index (χ0v) is 6.86. The molecule has 1 fully saturated rings. The van der Waals surface area contributed by atoms with Gasteiger partial charge in [-0.1, -0.05) is 12.8 Å². The maximum Gasteiger partial charge on any atom is 0 e. The second-order valence-electron chi connectivity index (χ2n) is 2.14. The van der Waals surface area contributed by atoms with E-state index in [9.17, 15) is 0 Å². The summed E-state index contributed by atoms with van der Waals surface area (Å²) in [5.41, 5.74) is 0. The first kappa shape index (κ1) is 8.83. The van der Waals surface area contributed by atoms with Crippen LogP contribution in [0.15, 0.2) is 0 Å². The van der Waals surface area contributed by atoms with Crippen LogP contribution >= 0.6 is 0 Å². The van der Waals surface area contributed by atoms with Gasteiger partial charge in [-0.2, -0.15) is 0 Å². The topological polar surface area (TPSA) is 12.0 Å². The molecule has 0 aromatic rings. The van der Waals surface area contributed by atoms with E-state index in [1.54, 1.807) is 0 Å². The summed E-state index contributed by atoms with van der Waals surface area (Å²) in [5.74, 6) is 0. The van der Waals surface area contributed by atoms with Crippen molar-refractivity contribution in [3.63, 3.8) is 0 Å². The van der Waals surface area contributed by atoms with Crippen LogP contribution in [-0.4, -0.2) is 12.1 Å². The maximum atomic E-state index is 3.84. The minimum atomic E-state index is 0. The van der Waals surface area contributed by atoms with E-state index >= 15 is 0 Å². The van der Waals surface area contributed by atoms with E-state index in [1.165, 1.54) is 12.8 Å². The van der Waals surface area contributed by atoms with Crippen molar-refractivity contribution < 1.29 is 25.8 Å². The monoisotopic (exact) mass is 142 g/mol. The van der Waals surface area contributed by atoms with E-state index in [0.717, 1.165) is 0 Å². The van der Waals surface area contributed by atoms with Crippen LogP contribution in [0.1, 0.15) is 12.8 Å². The van der Waals surface area contributed by atoms with Crippen LogP contribution in [-0.2, 0) is 25.8 Å². The number of nitrogens with one attached hydrogen (secondary N) is 1. The SMILES string of the molecule is [CH2-][C@@H]1CC[C@H]([CH2-])N1.[Sc]. The molecule has 0 aromatic carbocycles. The van der Waals surface area contributed by atoms with E-state index < -0.39 is 0 Å². The van der Waals surface area contributed by atoms with Gasteiger partial charge in [0.05, 0.1) is 0 Å². The standard InChI is InChI=1S/C6H11N.Sc/c1-5-3-4-6(2)7-5;/h5-7H,1-4H2;/q-2;/t5-,6+;. The summed E-state index contributed by atoms with van der Waals surface area (Å²) in [7, 11) is 0. The second kappa shape index (κ2) is 3.78. The van der Waals surface area contributed by atoms with E-state index in [0.29, 0.717) is 12.1 Å². The third kappa shape index (κ3) is 2.40. The van der Waals surface area contributed by atoms with Gasteiger partial charge in [-0.05, 0) is 0 Å². The first-order valence-corrected chi connectivity index (χ1v) is 2.71.